The van der Waals surface area contributed by atoms with Gasteiger partial charge < -0.3 is 15.0 Å². The fourth-order valence-electron chi connectivity index (χ4n) is 4.42. The van der Waals surface area contributed by atoms with E-state index in [1.54, 1.807) is 26.0 Å². The lowest BCUT2D eigenvalue weighted by Gasteiger charge is -2.39. The van der Waals surface area contributed by atoms with Crippen LogP contribution >= 0.6 is 11.6 Å². The summed E-state index contributed by atoms with van der Waals surface area (Å²) in [5.74, 6) is -0.298. The Hall–Kier alpha value is -3.31. The van der Waals surface area contributed by atoms with Gasteiger partial charge >= 0.3 is 5.97 Å². The monoisotopic (exact) mass is 462 g/mol. The molecule has 0 saturated heterocycles. The molecule has 170 valence electrons. The molecule has 1 N–H and O–H groups in total. The van der Waals surface area contributed by atoms with E-state index in [2.05, 4.69) is 18.3 Å². The van der Waals surface area contributed by atoms with E-state index < -0.39 is 0 Å². The van der Waals surface area contributed by atoms with Crippen LogP contribution in [0.4, 0.5) is 11.4 Å². The van der Waals surface area contributed by atoms with Crippen LogP contribution < -0.4 is 10.2 Å². The average Bonchev–Trinajstić information content (AvgIpc) is 2.80. The first-order valence-electron chi connectivity index (χ1n) is 11.1. The van der Waals surface area contributed by atoms with Gasteiger partial charge in [0.15, 0.2) is 0 Å². The summed E-state index contributed by atoms with van der Waals surface area (Å²) in [6.45, 7) is 5.82. The maximum absolute atomic E-state index is 12.4. The Bertz CT molecular complexity index is 1160. The lowest BCUT2D eigenvalue weighted by atomic mass is 9.88. The second-order valence-electron chi connectivity index (χ2n) is 8.25. The van der Waals surface area contributed by atoms with E-state index in [-0.39, 0.29) is 24.0 Å². The quantitative estimate of drug-likeness (QED) is 0.441. The number of benzene rings is 3. The normalized spacial score (nSPS) is 17.3. The Morgan fingerprint density at radius 2 is 1.70 bits per heavy atom. The molecule has 1 aliphatic heterocycles. The Morgan fingerprint density at radius 1 is 1.03 bits per heavy atom. The van der Waals surface area contributed by atoms with Crippen LogP contribution in [0.25, 0.3) is 11.1 Å². The number of amides is 1. The number of esters is 1. The molecule has 0 aromatic heterocycles. The summed E-state index contributed by atoms with van der Waals surface area (Å²) in [6, 6.07) is 21.3. The van der Waals surface area contributed by atoms with Gasteiger partial charge in [0.05, 0.1) is 18.2 Å². The highest BCUT2D eigenvalue weighted by Crippen LogP contribution is 2.41. The van der Waals surface area contributed by atoms with Gasteiger partial charge in [-0.2, -0.15) is 0 Å². The van der Waals surface area contributed by atoms with Crippen LogP contribution in [0.5, 0.6) is 0 Å². The molecule has 0 spiro atoms. The van der Waals surface area contributed by atoms with E-state index in [1.807, 2.05) is 53.4 Å². The van der Waals surface area contributed by atoms with E-state index in [1.165, 1.54) is 0 Å². The molecule has 0 saturated carbocycles. The van der Waals surface area contributed by atoms with Crippen LogP contribution in [0.1, 0.15) is 49.2 Å². The molecular weight excluding hydrogens is 436 g/mol. The fourth-order valence-corrected chi connectivity index (χ4v) is 4.55. The summed E-state index contributed by atoms with van der Waals surface area (Å²) in [7, 11) is 0. The molecular formula is C27H27ClN2O3. The third kappa shape index (κ3) is 4.88. The summed E-state index contributed by atoms with van der Waals surface area (Å²) in [6.07, 6.45) is 0.778. The lowest BCUT2D eigenvalue weighted by Crippen LogP contribution is -2.43. The molecule has 0 fully saturated rings. The number of fused-ring (bicyclic) bond motifs is 1. The van der Waals surface area contributed by atoms with E-state index in [9.17, 15) is 9.59 Å². The zero-order valence-electron chi connectivity index (χ0n) is 19.0. The van der Waals surface area contributed by atoms with Crippen LogP contribution in [0.3, 0.4) is 0 Å². The number of anilines is 2. The first kappa shape index (κ1) is 22.9. The number of halogens is 1. The lowest BCUT2D eigenvalue weighted by molar-refractivity contribution is -0.117. The molecule has 3 aromatic carbocycles. The molecule has 2 atom stereocenters. The summed E-state index contributed by atoms with van der Waals surface area (Å²) in [5, 5.41) is 4.30. The molecule has 0 unspecified atom stereocenters. The van der Waals surface area contributed by atoms with Crippen molar-refractivity contribution in [1.82, 2.24) is 0 Å². The number of carbonyl (C=O) groups excluding carboxylic acids is 2. The predicted octanol–water partition coefficient (Wildman–Crippen LogP) is 6.48. The van der Waals surface area contributed by atoms with Gasteiger partial charge in [0.25, 0.3) is 0 Å². The van der Waals surface area contributed by atoms with Crippen LogP contribution in [-0.2, 0) is 9.53 Å². The number of rotatable bonds is 5. The van der Waals surface area contributed by atoms with Crippen molar-refractivity contribution in [3.05, 3.63) is 82.9 Å². The van der Waals surface area contributed by atoms with Crippen molar-refractivity contribution in [2.24, 2.45) is 0 Å². The van der Waals surface area contributed by atoms with Gasteiger partial charge in [-0.1, -0.05) is 29.8 Å². The third-order valence-corrected chi connectivity index (χ3v) is 6.19. The van der Waals surface area contributed by atoms with Crippen molar-refractivity contribution in [3.63, 3.8) is 0 Å². The second-order valence-corrected chi connectivity index (χ2v) is 8.69. The van der Waals surface area contributed by atoms with Crippen molar-refractivity contribution in [3.8, 4) is 11.1 Å². The summed E-state index contributed by atoms with van der Waals surface area (Å²) in [5.41, 5.74) is 5.49. The zero-order valence-corrected chi connectivity index (χ0v) is 19.7. The minimum atomic E-state index is -0.326. The van der Waals surface area contributed by atoms with Gasteiger partial charge in [-0.15, -0.1) is 0 Å². The Labute approximate surface area is 199 Å². The zero-order chi connectivity index (χ0) is 23.5. The standard InChI is InChI=1S/C27H27ClN2O3/c1-4-33-27(32)20-7-5-19(6-8-20)21-9-14-26-24(16-21)25(15-17(2)30(26)18(3)31)29-23-12-10-22(28)11-13-23/h5-14,16-17,25,29H,4,15H2,1-3H3/t17-,25+/m0/s1. The van der Waals surface area contributed by atoms with Crippen molar-refractivity contribution in [2.75, 3.05) is 16.8 Å². The predicted molar refractivity (Wildman–Crippen MR) is 133 cm³/mol. The number of hydrogen-bond donors (Lipinski definition) is 1. The topological polar surface area (TPSA) is 58.6 Å². The number of ether oxygens (including phenoxy) is 1. The van der Waals surface area contributed by atoms with Crippen LogP contribution in [0.2, 0.25) is 5.02 Å². The first-order valence-corrected chi connectivity index (χ1v) is 11.5. The van der Waals surface area contributed by atoms with Crippen molar-refractivity contribution < 1.29 is 14.3 Å². The minimum Gasteiger partial charge on any atom is -0.462 e. The minimum absolute atomic E-state index is 0.0280. The van der Waals surface area contributed by atoms with Gasteiger partial charge in [-0.25, -0.2) is 4.79 Å². The van der Waals surface area contributed by atoms with Gasteiger partial charge in [-0.05, 0) is 85.5 Å². The van der Waals surface area contributed by atoms with Crippen molar-refractivity contribution >= 4 is 34.9 Å². The molecule has 1 amide bonds. The molecule has 3 aromatic rings. The Morgan fingerprint density at radius 3 is 2.33 bits per heavy atom. The van der Waals surface area contributed by atoms with Crippen LogP contribution in [-0.4, -0.2) is 24.5 Å². The molecule has 0 aliphatic carbocycles. The highest BCUT2D eigenvalue weighted by molar-refractivity contribution is 6.30. The van der Waals surface area contributed by atoms with E-state index >= 15 is 0 Å². The molecule has 1 heterocycles. The molecule has 1 aliphatic rings. The summed E-state index contributed by atoms with van der Waals surface area (Å²) >= 11 is 6.05. The van der Waals surface area contributed by atoms with E-state index in [4.69, 9.17) is 16.3 Å². The van der Waals surface area contributed by atoms with Crippen LogP contribution in [0.15, 0.2) is 66.7 Å². The van der Waals surface area contributed by atoms with Crippen LogP contribution in [0, 0.1) is 0 Å². The number of carbonyl (C=O) groups is 2. The molecule has 4 rings (SSSR count). The Kier molecular flexibility index (Phi) is 6.70. The maximum atomic E-state index is 12.4. The van der Waals surface area contributed by atoms with Crippen molar-refractivity contribution in [1.29, 1.82) is 0 Å². The SMILES string of the molecule is CCOC(=O)c1ccc(-c2ccc3c(c2)[C@H](Nc2ccc(Cl)cc2)C[C@H](C)N3C(C)=O)cc1. The maximum Gasteiger partial charge on any atom is 0.338 e. The Balaban J connectivity index is 1.70. The first-order chi connectivity index (χ1) is 15.9. The third-order valence-electron chi connectivity index (χ3n) is 5.93. The molecule has 6 heteroatoms. The summed E-state index contributed by atoms with van der Waals surface area (Å²) in [4.78, 5) is 26.3. The highest BCUT2D eigenvalue weighted by Gasteiger charge is 2.32. The second kappa shape index (κ2) is 9.67. The summed E-state index contributed by atoms with van der Waals surface area (Å²) < 4.78 is 5.08. The molecule has 0 radical (unpaired) electrons. The fraction of sp³-hybridized carbons (Fsp3) is 0.259. The largest absolute Gasteiger partial charge is 0.462 e. The van der Waals surface area contributed by atoms with Gasteiger partial charge in [0.1, 0.15) is 0 Å². The number of hydrogen-bond acceptors (Lipinski definition) is 4. The van der Waals surface area contributed by atoms with Gasteiger partial charge in [-0.3, -0.25) is 4.79 Å². The van der Waals surface area contributed by atoms with E-state index in [0.717, 1.165) is 34.5 Å². The highest BCUT2D eigenvalue weighted by atomic mass is 35.5. The van der Waals surface area contributed by atoms with Gasteiger partial charge in [0.2, 0.25) is 5.91 Å². The average molecular weight is 463 g/mol. The number of nitrogens with zero attached hydrogens (tertiary/aromatic N) is 1. The smallest absolute Gasteiger partial charge is 0.338 e. The van der Waals surface area contributed by atoms with Crippen molar-refractivity contribution in [2.45, 2.75) is 39.3 Å². The molecule has 5 nitrogen and oxygen atoms in total. The van der Waals surface area contributed by atoms with E-state index in [0.29, 0.717) is 17.2 Å². The number of nitrogens with one attached hydrogen (secondary N) is 1. The van der Waals surface area contributed by atoms with Gasteiger partial charge in [0, 0.05) is 29.4 Å². The molecule has 0 bridgehead atoms. The molecule has 33 heavy (non-hydrogen) atoms.